The number of benzene rings is 2. The van der Waals surface area contributed by atoms with E-state index in [1.165, 1.54) is 36.0 Å². The molecule has 1 heterocycles. The van der Waals surface area contributed by atoms with E-state index in [0.717, 1.165) is 12.0 Å². The van der Waals surface area contributed by atoms with Crippen LogP contribution in [0.4, 0.5) is 4.39 Å². The molecule has 2 amide bonds. The molecule has 0 spiro atoms. The molecule has 0 aliphatic rings. The SMILES string of the molecule is COCCCn1c(SCC(=O)NNC(=O)c2ccc(F)cc2)nnc1-c1ccccc1Cl. The van der Waals surface area contributed by atoms with Crippen molar-refractivity contribution in [3.05, 3.63) is 64.9 Å². The molecular weight excluding hydrogens is 457 g/mol. The van der Waals surface area contributed by atoms with Gasteiger partial charge >= 0.3 is 0 Å². The third-order valence-corrected chi connectivity index (χ3v) is 5.61. The smallest absolute Gasteiger partial charge is 0.269 e. The zero-order valence-electron chi connectivity index (χ0n) is 17.2. The molecule has 3 aromatic rings. The minimum Gasteiger partial charge on any atom is -0.385 e. The van der Waals surface area contributed by atoms with Gasteiger partial charge in [0, 0.05) is 31.4 Å². The number of rotatable bonds is 9. The number of hydrazine groups is 1. The number of halogens is 2. The lowest BCUT2D eigenvalue weighted by molar-refractivity contribution is -0.119. The standard InChI is InChI=1S/C21H21ClFN5O3S/c1-31-12-4-11-28-19(16-5-2-3-6-17(16)22)25-27-21(28)32-13-18(29)24-26-20(30)14-7-9-15(23)10-8-14/h2-3,5-10H,4,11-13H2,1H3,(H,24,29)(H,26,30). The van der Waals surface area contributed by atoms with Gasteiger partial charge in [0.1, 0.15) is 5.82 Å². The maximum Gasteiger partial charge on any atom is 0.269 e. The van der Waals surface area contributed by atoms with Crippen molar-refractivity contribution in [3.63, 3.8) is 0 Å². The summed E-state index contributed by atoms with van der Waals surface area (Å²) in [6.45, 7) is 1.13. The fourth-order valence-corrected chi connectivity index (χ4v) is 3.76. The molecule has 0 saturated heterocycles. The van der Waals surface area contributed by atoms with Crippen LogP contribution in [0.5, 0.6) is 0 Å². The molecule has 2 aromatic carbocycles. The van der Waals surface area contributed by atoms with E-state index < -0.39 is 17.6 Å². The first-order valence-electron chi connectivity index (χ1n) is 9.64. The summed E-state index contributed by atoms with van der Waals surface area (Å²) in [5.41, 5.74) is 5.59. The van der Waals surface area contributed by atoms with Crippen LogP contribution in [0.3, 0.4) is 0 Å². The second-order valence-corrected chi connectivity index (χ2v) is 7.93. The Morgan fingerprint density at radius 1 is 1.12 bits per heavy atom. The molecule has 11 heteroatoms. The summed E-state index contributed by atoms with van der Waals surface area (Å²) in [6, 6.07) is 12.3. The average Bonchev–Trinajstić information content (AvgIpc) is 3.19. The van der Waals surface area contributed by atoms with Gasteiger partial charge in [0.15, 0.2) is 11.0 Å². The van der Waals surface area contributed by atoms with E-state index in [9.17, 15) is 14.0 Å². The normalized spacial score (nSPS) is 10.7. The molecule has 0 fully saturated rings. The van der Waals surface area contributed by atoms with Crippen LogP contribution in [-0.4, -0.2) is 46.0 Å². The molecule has 0 atom stereocenters. The highest BCUT2D eigenvalue weighted by molar-refractivity contribution is 7.99. The Hall–Kier alpha value is -2.95. The molecule has 0 bridgehead atoms. The predicted molar refractivity (Wildman–Crippen MR) is 120 cm³/mol. The maximum atomic E-state index is 13.0. The molecule has 8 nitrogen and oxygen atoms in total. The number of nitrogens with one attached hydrogen (secondary N) is 2. The molecule has 0 unspecified atom stereocenters. The number of amides is 2. The molecule has 0 saturated carbocycles. The van der Waals surface area contributed by atoms with E-state index in [4.69, 9.17) is 16.3 Å². The van der Waals surface area contributed by atoms with Gasteiger partial charge in [-0.3, -0.25) is 20.4 Å². The molecule has 168 valence electrons. The van der Waals surface area contributed by atoms with E-state index in [1.54, 1.807) is 13.2 Å². The topological polar surface area (TPSA) is 98.1 Å². The zero-order valence-corrected chi connectivity index (χ0v) is 18.8. The second-order valence-electron chi connectivity index (χ2n) is 6.58. The van der Waals surface area contributed by atoms with Crippen molar-refractivity contribution in [1.29, 1.82) is 0 Å². The van der Waals surface area contributed by atoms with E-state index in [1.807, 2.05) is 22.8 Å². The quantitative estimate of drug-likeness (QED) is 0.279. The number of aromatic nitrogens is 3. The number of hydrogen-bond donors (Lipinski definition) is 2. The first-order chi connectivity index (χ1) is 15.5. The number of ether oxygens (including phenoxy) is 1. The second kappa shape index (κ2) is 11.6. The average molecular weight is 478 g/mol. The fourth-order valence-electron chi connectivity index (χ4n) is 2.77. The van der Waals surface area contributed by atoms with Gasteiger partial charge in [-0.25, -0.2) is 4.39 Å². The zero-order chi connectivity index (χ0) is 22.9. The lowest BCUT2D eigenvalue weighted by Gasteiger charge is -2.11. The third kappa shape index (κ3) is 6.28. The van der Waals surface area contributed by atoms with Crippen molar-refractivity contribution >= 4 is 35.2 Å². The van der Waals surface area contributed by atoms with E-state index in [0.29, 0.717) is 29.2 Å². The van der Waals surface area contributed by atoms with Gasteiger partial charge in [0.25, 0.3) is 5.91 Å². The molecule has 0 radical (unpaired) electrons. The number of hydrogen-bond acceptors (Lipinski definition) is 6. The molecule has 2 N–H and O–H groups in total. The fraction of sp³-hybridized carbons (Fsp3) is 0.238. The van der Waals surface area contributed by atoms with Crippen molar-refractivity contribution < 1.29 is 18.7 Å². The third-order valence-electron chi connectivity index (χ3n) is 4.32. The monoisotopic (exact) mass is 477 g/mol. The Labute approximate surface area is 193 Å². The molecule has 3 rings (SSSR count). The predicted octanol–water partition coefficient (Wildman–Crippen LogP) is 3.33. The lowest BCUT2D eigenvalue weighted by Crippen LogP contribution is -2.42. The summed E-state index contributed by atoms with van der Waals surface area (Å²) in [6.07, 6.45) is 0.722. The van der Waals surface area contributed by atoms with Crippen LogP contribution in [0.1, 0.15) is 16.8 Å². The van der Waals surface area contributed by atoms with Gasteiger partial charge in [0.05, 0.1) is 10.8 Å². The molecular formula is C21H21ClFN5O3S. The van der Waals surface area contributed by atoms with Crippen molar-refractivity contribution in [2.75, 3.05) is 19.5 Å². The Morgan fingerprint density at radius 2 is 1.88 bits per heavy atom. The number of carbonyl (C=O) groups excluding carboxylic acids is 2. The van der Waals surface area contributed by atoms with E-state index in [2.05, 4.69) is 21.0 Å². The highest BCUT2D eigenvalue weighted by atomic mass is 35.5. The Kier molecular flexibility index (Phi) is 8.60. The molecule has 0 aliphatic carbocycles. The minimum atomic E-state index is -0.549. The first kappa shape index (κ1) is 23.7. The minimum absolute atomic E-state index is 0.00533. The summed E-state index contributed by atoms with van der Waals surface area (Å²) in [5, 5.41) is 9.55. The van der Waals surface area contributed by atoms with Crippen molar-refractivity contribution in [3.8, 4) is 11.4 Å². The number of nitrogens with zero attached hydrogens (tertiary/aromatic N) is 3. The molecule has 0 aliphatic heterocycles. The highest BCUT2D eigenvalue weighted by Crippen LogP contribution is 2.29. The lowest BCUT2D eigenvalue weighted by atomic mass is 10.2. The first-order valence-corrected chi connectivity index (χ1v) is 11.0. The Balaban J connectivity index is 1.63. The Bertz CT molecular complexity index is 1080. The molecule has 32 heavy (non-hydrogen) atoms. The number of thioether (sulfide) groups is 1. The summed E-state index contributed by atoms with van der Waals surface area (Å²) in [7, 11) is 1.63. The van der Waals surface area contributed by atoms with Gasteiger partial charge in [-0.05, 0) is 42.8 Å². The van der Waals surface area contributed by atoms with Gasteiger partial charge in [0.2, 0.25) is 5.91 Å². The van der Waals surface area contributed by atoms with E-state index in [-0.39, 0.29) is 11.3 Å². The van der Waals surface area contributed by atoms with Crippen LogP contribution in [0.25, 0.3) is 11.4 Å². The van der Waals surface area contributed by atoms with Crippen LogP contribution in [-0.2, 0) is 16.1 Å². The summed E-state index contributed by atoms with van der Waals surface area (Å²) >= 11 is 7.50. The van der Waals surface area contributed by atoms with Gasteiger partial charge in [-0.15, -0.1) is 10.2 Å². The van der Waals surface area contributed by atoms with Crippen LogP contribution in [0, 0.1) is 5.82 Å². The van der Waals surface area contributed by atoms with Gasteiger partial charge < -0.3 is 9.30 Å². The maximum absolute atomic E-state index is 13.0. The van der Waals surface area contributed by atoms with E-state index >= 15 is 0 Å². The Morgan fingerprint density at radius 3 is 2.59 bits per heavy atom. The summed E-state index contributed by atoms with van der Waals surface area (Å²) in [5.74, 6) is -0.843. The van der Waals surface area contributed by atoms with Crippen molar-refractivity contribution in [2.45, 2.75) is 18.1 Å². The number of methoxy groups -OCH3 is 1. The van der Waals surface area contributed by atoms with Crippen LogP contribution in [0.15, 0.2) is 53.7 Å². The van der Waals surface area contributed by atoms with Crippen molar-refractivity contribution in [1.82, 2.24) is 25.6 Å². The van der Waals surface area contributed by atoms with Gasteiger partial charge in [-0.2, -0.15) is 0 Å². The molecule has 1 aromatic heterocycles. The van der Waals surface area contributed by atoms with Crippen LogP contribution in [0.2, 0.25) is 5.02 Å². The largest absolute Gasteiger partial charge is 0.385 e. The van der Waals surface area contributed by atoms with Crippen LogP contribution < -0.4 is 10.9 Å². The summed E-state index contributed by atoms with van der Waals surface area (Å²) < 4.78 is 20.0. The summed E-state index contributed by atoms with van der Waals surface area (Å²) in [4.78, 5) is 24.2. The van der Waals surface area contributed by atoms with Gasteiger partial charge in [-0.1, -0.05) is 35.5 Å². The number of carbonyl (C=O) groups is 2. The van der Waals surface area contributed by atoms with Crippen molar-refractivity contribution in [2.24, 2.45) is 0 Å². The highest BCUT2D eigenvalue weighted by Gasteiger charge is 2.17. The van der Waals surface area contributed by atoms with Crippen LogP contribution >= 0.6 is 23.4 Å².